The predicted molar refractivity (Wildman–Crippen MR) is 74.9 cm³/mol. The zero-order chi connectivity index (χ0) is 13.1. The average molecular weight is 246 g/mol. The van der Waals surface area contributed by atoms with E-state index in [0.717, 1.165) is 25.1 Å². The lowest BCUT2D eigenvalue weighted by molar-refractivity contribution is -0.118. The summed E-state index contributed by atoms with van der Waals surface area (Å²) in [7, 11) is 0. The maximum Gasteiger partial charge on any atom is 0.228 e. The number of nitrogens with two attached hydrogens (primary N) is 1. The van der Waals surface area contributed by atoms with Gasteiger partial charge in [0.2, 0.25) is 5.91 Å². The van der Waals surface area contributed by atoms with Gasteiger partial charge in [-0.3, -0.25) is 4.79 Å². The first kappa shape index (κ1) is 13.1. The van der Waals surface area contributed by atoms with Crippen molar-refractivity contribution >= 4 is 11.6 Å². The fourth-order valence-electron chi connectivity index (χ4n) is 2.49. The van der Waals surface area contributed by atoms with Crippen LogP contribution in [0.15, 0.2) is 18.2 Å². The zero-order valence-corrected chi connectivity index (χ0v) is 11.3. The van der Waals surface area contributed by atoms with Crippen LogP contribution in [-0.2, 0) is 11.2 Å². The van der Waals surface area contributed by atoms with E-state index < -0.39 is 0 Å². The Hall–Kier alpha value is -1.35. The van der Waals surface area contributed by atoms with Crippen LogP contribution in [0.3, 0.4) is 0 Å². The SMILES string of the molecule is CC(C)c1ccc2c(c1)CCCN2C(=O)CCN. The molecule has 2 rings (SSSR count). The van der Waals surface area contributed by atoms with Crippen molar-refractivity contribution in [3.8, 4) is 0 Å². The summed E-state index contributed by atoms with van der Waals surface area (Å²) in [6.07, 6.45) is 2.55. The monoisotopic (exact) mass is 246 g/mol. The van der Waals surface area contributed by atoms with Crippen molar-refractivity contribution in [1.82, 2.24) is 0 Å². The smallest absolute Gasteiger partial charge is 0.228 e. The van der Waals surface area contributed by atoms with Gasteiger partial charge in [0.15, 0.2) is 0 Å². The number of aryl methyl sites for hydroxylation is 1. The predicted octanol–water partition coefficient (Wildman–Crippen LogP) is 2.44. The molecule has 1 amide bonds. The van der Waals surface area contributed by atoms with Crippen molar-refractivity contribution in [2.24, 2.45) is 5.73 Å². The minimum atomic E-state index is 0.149. The number of benzene rings is 1. The van der Waals surface area contributed by atoms with Gasteiger partial charge in [-0.1, -0.05) is 26.0 Å². The highest BCUT2D eigenvalue weighted by molar-refractivity contribution is 5.94. The largest absolute Gasteiger partial charge is 0.330 e. The maximum atomic E-state index is 12.0. The molecule has 0 unspecified atom stereocenters. The van der Waals surface area contributed by atoms with Gasteiger partial charge in [0.1, 0.15) is 0 Å². The van der Waals surface area contributed by atoms with E-state index in [2.05, 4.69) is 32.0 Å². The second kappa shape index (κ2) is 5.53. The van der Waals surface area contributed by atoms with Crippen LogP contribution in [0.25, 0.3) is 0 Å². The number of hydrogen-bond acceptors (Lipinski definition) is 2. The fraction of sp³-hybridized carbons (Fsp3) is 0.533. The molecule has 0 spiro atoms. The number of hydrogen-bond donors (Lipinski definition) is 1. The normalized spacial score (nSPS) is 14.8. The molecule has 0 fully saturated rings. The van der Waals surface area contributed by atoms with Crippen LogP contribution < -0.4 is 10.6 Å². The molecule has 3 heteroatoms. The van der Waals surface area contributed by atoms with E-state index in [1.165, 1.54) is 11.1 Å². The topological polar surface area (TPSA) is 46.3 Å². The molecule has 2 N–H and O–H groups in total. The molecule has 0 aromatic heterocycles. The summed E-state index contributed by atoms with van der Waals surface area (Å²) in [5.41, 5.74) is 9.21. The summed E-state index contributed by atoms with van der Waals surface area (Å²) in [5, 5.41) is 0. The van der Waals surface area contributed by atoms with Gasteiger partial charge in [-0.25, -0.2) is 0 Å². The van der Waals surface area contributed by atoms with E-state index in [0.29, 0.717) is 18.9 Å². The molecular weight excluding hydrogens is 224 g/mol. The van der Waals surface area contributed by atoms with E-state index in [-0.39, 0.29) is 5.91 Å². The van der Waals surface area contributed by atoms with Gasteiger partial charge in [0.25, 0.3) is 0 Å². The number of carbonyl (C=O) groups is 1. The van der Waals surface area contributed by atoms with E-state index in [9.17, 15) is 4.79 Å². The van der Waals surface area contributed by atoms with Crippen LogP contribution in [0, 0.1) is 0 Å². The second-order valence-electron chi connectivity index (χ2n) is 5.23. The Morgan fingerprint density at radius 3 is 2.89 bits per heavy atom. The Morgan fingerprint density at radius 1 is 1.44 bits per heavy atom. The second-order valence-corrected chi connectivity index (χ2v) is 5.23. The van der Waals surface area contributed by atoms with Crippen molar-refractivity contribution in [2.75, 3.05) is 18.0 Å². The molecule has 0 bridgehead atoms. The summed E-state index contributed by atoms with van der Waals surface area (Å²) in [6, 6.07) is 6.48. The molecule has 0 atom stereocenters. The fourth-order valence-corrected chi connectivity index (χ4v) is 2.49. The molecule has 1 heterocycles. The number of anilines is 1. The maximum absolute atomic E-state index is 12.0. The molecule has 1 aliphatic rings. The molecule has 0 radical (unpaired) electrons. The molecule has 1 aliphatic heterocycles. The number of amides is 1. The van der Waals surface area contributed by atoms with E-state index in [1.807, 2.05) is 4.90 Å². The third-order valence-corrected chi connectivity index (χ3v) is 3.55. The summed E-state index contributed by atoms with van der Waals surface area (Å²) >= 11 is 0. The minimum absolute atomic E-state index is 0.149. The molecule has 1 aromatic rings. The minimum Gasteiger partial charge on any atom is -0.330 e. The lowest BCUT2D eigenvalue weighted by Gasteiger charge is -2.30. The third-order valence-electron chi connectivity index (χ3n) is 3.55. The Balaban J connectivity index is 2.30. The molecule has 18 heavy (non-hydrogen) atoms. The van der Waals surface area contributed by atoms with Crippen LogP contribution >= 0.6 is 0 Å². The van der Waals surface area contributed by atoms with Gasteiger partial charge < -0.3 is 10.6 Å². The molecular formula is C15H22N2O. The average Bonchev–Trinajstić information content (AvgIpc) is 2.37. The van der Waals surface area contributed by atoms with Gasteiger partial charge in [-0.05, 0) is 36.0 Å². The molecule has 0 saturated heterocycles. The van der Waals surface area contributed by atoms with Crippen LogP contribution in [0.4, 0.5) is 5.69 Å². The molecule has 98 valence electrons. The Kier molecular flexibility index (Phi) is 4.02. The quantitative estimate of drug-likeness (QED) is 0.890. The molecule has 3 nitrogen and oxygen atoms in total. The highest BCUT2D eigenvalue weighted by Gasteiger charge is 2.22. The first-order chi connectivity index (χ1) is 8.63. The Morgan fingerprint density at radius 2 is 2.22 bits per heavy atom. The van der Waals surface area contributed by atoms with Crippen molar-refractivity contribution in [3.05, 3.63) is 29.3 Å². The number of carbonyl (C=O) groups excluding carboxylic acids is 1. The van der Waals surface area contributed by atoms with Crippen LogP contribution in [0.5, 0.6) is 0 Å². The standard InChI is InChI=1S/C15H22N2O/c1-11(2)12-5-6-14-13(10-12)4-3-9-17(14)15(18)7-8-16/h5-6,10-11H,3-4,7-9,16H2,1-2H3. The first-order valence-corrected chi connectivity index (χ1v) is 6.76. The number of nitrogens with zero attached hydrogens (tertiary/aromatic N) is 1. The van der Waals surface area contributed by atoms with Crippen LogP contribution in [-0.4, -0.2) is 19.0 Å². The van der Waals surface area contributed by atoms with E-state index >= 15 is 0 Å². The van der Waals surface area contributed by atoms with Crippen LogP contribution in [0.2, 0.25) is 0 Å². The zero-order valence-electron chi connectivity index (χ0n) is 11.3. The number of fused-ring (bicyclic) bond motifs is 1. The van der Waals surface area contributed by atoms with E-state index in [1.54, 1.807) is 0 Å². The first-order valence-electron chi connectivity index (χ1n) is 6.76. The third kappa shape index (κ3) is 2.56. The summed E-state index contributed by atoms with van der Waals surface area (Å²) in [6.45, 7) is 5.64. The van der Waals surface area contributed by atoms with Gasteiger partial charge in [0, 0.05) is 25.2 Å². The van der Waals surface area contributed by atoms with Gasteiger partial charge in [0.05, 0.1) is 0 Å². The van der Waals surface area contributed by atoms with Crippen LogP contribution in [0.1, 0.15) is 43.7 Å². The van der Waals surface area contributed by atoms with E-state index in [4.69, 9.17) is 5.73 Å². The van der Waals surface area contributed by atoms with Crippen molar-refractivity contribution in [1.29, 1.82) is 0 Å². The lowest BCUT2D eigenvalue weighted by Crippen LogP contribution is -2.36. The van der Waals surface area contributed by atoms with Crippen molar-refractivity contribution in [3.63, 3.8) is 0 Å². The molecule has 1 aromatic carbocycles. The Bertz CT molecular complexity index is 440. The highest BCUT2D eigenvalue weighted by Crippen LogP contribution is 2.30. The molecule has 0 aliphatic carbocycles. The van der Waals surface area contributed by atoms with Gasteiger partial charge in [-0.15, -0.1) is 0 Å². The number of rotatable bonds is 3. The summed E-state index contributed by atoms with van der Waals surface area (Å²) < 4.78 is 0. The Labute approximate surface area is 109 Å². The van der Waals surface area contributed by atoms with Gasteiger partial charge >= 0.3 is 0 Å². The molecule has 0 saturated carbocycles. The lowest BCUT2D eigenvalue weighted by atomic mass is 9.94. The van der Waals surface area contributed by atoms with Gasteiger partial charge in [-0.2, -0.15) is 0 Å². The highest BCUT2D eigenvalue weighted by atomic mass is 16.2. The van der Waals surface area contributed by atoms with Crippen molar-refractivity contribution < 1.29 is 4.79 Å². The summed E-state index contributed by atoms with van der Waals surface area (Å²) in [5.74, 6) is 0.682. The van der Waals surface area contributed by atoms with Crippen molar-refractivity contribution in [2.45, 2.75) is 39.0 Å². The summed E-state index contributed by atoms with van der Waals surface area (Å²) in [4.78, 5) is 13.9.